The van der Waals surface area contributed by atoms with E-state index in [9.17, 15) is 0 Å². The van der Waals surface area contributed by atoms with Crippen LogP contribution >= 0.6 is 0 Å². The maximum atomic E-state index is 5.20. The standard InChI is InChI=1S/C12H23N/c1-5-7-8-9-11(3)10-12(4)13-6-2/h1,11-13H,6-10H2,2-4H3. The molecule has 0 radical (unpaired) electrons. The Balaban J connectivity index is 3.38. The van der Waals surface area contributed by atoms with Crippen molar-refractivity contribution < 1.29 is 0 Å². The number of hydrogen-bond acceptors (Lipinski definition) is 1. The predicted octanol–water partition coefficient (Wildman–Crippen LogP) is 2.81. The fraction of sp³-hybridized carbons (Fsp3) is 0.833. The van der Waals surface area contributed by atoms with Crippen molar-refractivity contribution >= 4 is 0 Å². The summed E-state index contributed by atoms with van der Waals surface area (Å²) in [5.41, 5.74) is 0. The minimum atomic E-state index is 0.644. The summed E-state index contributed by atoms with van der Waals surface area (Å²) in [7, 11) is 0. The second kappa shape index (κ2) is 8.13. The Morgan fingerprint density at radius 3 is 2.62 bits per heavy atom. The third-order valence-corrected chi connectivity index (χ3v) is 2.33. The van der Waals surface area contributed by atoms with Crippen molar-refractivity contribution in [1.82, 2.24) is 5.32 Å². The number of terminal acetylenes is 1. The van der Waals surface area contributed by atoms with Gasteiger partial charge in [0, 0.05) is 12.5 Å². The van der Waals surface area contributed by atoms with Crippen molar-refractivity contribution in [1.29, 1.82) is 0 Å². The van der Waals surface area contributed by atoms with E-state index < -0.39 is 0 Å². The van der Waals surface area contributed by atoms with Gasteiger partial charge in [-0.15, -0.1) is 12.3 Å². The van der Waals surface area contributed by atoms with Crippen molar-refractivity contribution in [2.75, 3.05) is 6.54 Å². The molecule has 0 saturated carbocycles. The van der Waals surface area contributed by atoms with Crippen molar-refractivity contribution in [2.24, 2.45) is 5.92 Å². The maximum Gasteiger partial charge on any atom is 0.00861 e. The third kappa shape index (κ3) is 7.87. The normalized spacial score (nSPS) is 14.9. The monoisotopic (exact) mass is 181 g/mol. The Morgan fingerprint density at radius 2 is 2.08 bits per heavy atom. The summed E-state index contributed by atoms with van der Waals surface area (Å²) in [6, 6.07) is 0.644. The van der Waals surface area contributed by atoms with Crippen LogP contribution in [0.2, 0.25) is 0 Å². The van der Waals surface area contributed by atoms with Gasteiger partial charge in [0.05, 0.1) is 0 Å². The van der Waals surface area contributed by atoms with Crippen LogP contribution in [0.3, 0.4) is 0 Å². The van der Waals surface area contributed by atoms with E-state index in [1.165, 1.54) is 19.3 Å². The molecule has 0 aromatic heterocycles. The van der Waals surface area contributed by atoms with Crippen LogP contribution in [0.4, 0.5) is 0 Å². The number of hydrogen-bond donors (Lipinski definition) is 1. The first-order chi connectivity index (χ1) is 6.20. The first-order valence-electron chi connectivity index (χ1n) is 5.37. The molecule has 0 aliphatic carbocycles. The van der Waals surface area contributed by atoms with Gasteiger partial charge >= 0.3 is 0 Å². The molecule has 13 heavy (non-hydrogen) atoms. The predicted molar refractivity (Wildman–Crippen MR) is 59.6 cm³/mol. The summed E-state index contributed by atoms with van der Waals surface area (Å²) in [6.07, 6.45) is 9.84. The van der Waals surface area contributed by atoms with E-state index in [1.807, 2.05) is 0 Å². The molecule has 0 rings (SSSR count). The van der Waals surface area contributed by atoms with E-state index in [0.29, 0.717) is 6.04 Å². The summed E-state index contributed by atoms with van der Waals surface area (Å²) < 4.78 is 0. The quantitative estimate of drug-likeness (QED) is 0.470. The lowest BCUT2D eigenvalue weighted by Gasteiger charge is -2.17. The van der Waals surface area contributed by atoms with Gasteiger partial charge in [-0.25, -0.2) is 0 Å². The molecule has 76 valence electrons. The van der Waals surface area contributed by atoms with Crippen molar-refractivity contribution in [3.8, 4) is 12.3 Å². The molecule has 0 fully saturated rings. The molecule has 0 aromatic rings. The molecule has 1 heteroatoms. The average Bonchev–Trinajstić information content (AvgIpc) is 2.05. The summed E-state index contributed by atoms with van der Waals surface area (Å²) in [4.78, 5) is 0. The van der Waals surface area contributed by atoms with E-state index in [1.54, 1.807) is 0 Å². The van der Waals surface area contributed by atoms with Crippen LogP contribution in [0.25, 0.3) is 0 Å². The molecule has 0 aromatic carbocycles. The fourth-order valence-electron chi connectivity index (χ4n) is 1.71. The van der Waals surface area contributed by atoms with Crippen LogP contribution in [-0.2, 0) is 0 Å². The second-order valence-corrected chi connectivity index (χ2v) is 3.90. The lowest BCUT2D eigenvalue weighted by Crippen LogP contribution is -2.27. The van der Waals surface area contributed by atoms with E-state index in [-0.39, 0.29) is 0 Å². The SMILES string of the molecule is C#CCCCC(C)CC(C)NCC. The number of unbranched alkanes of at least 4 members (excludes halogenated alkanes) is 1. The molecule has 2 atom stereocenters. The lowest BCUT2D eigenvalue weighted by molar-refractivity contribution is 0.402. The zero-order valence-electron chi connectivity index (χ0n) is 9.27. The van der Waals surface area contributed by atoms with Gasteiger partial charge in [0.25, 0.3) is 0 Å². The Kier molecular flexibility index (Phi) is 7.83. The van der Waals surface area contributed by atoms with E-state index >= 15 is 0 Å². The molecule has 1 N–H and O–H groups in total. The Labute approximate surface area is 83.3 Å². The molecule has 0 heterocycles. The van der Waals surface area contributed by atoms with Crippen molar-refractivity contribution in [3.63, 3.8) is 0 Å². The van der Waals surface area contributed by atoms with Gasteiger partial charge in [0.2, 0.25) is 0 Å². The minimum absolute atomic E-state index is 0.644. The van der Waals surface area contributed by atoms with Gasteiger partial charge in [-0.2, -0.15) is 0 Å². The highest BCUT2D eigenvalue weighted by atomic mass is 14.9. The summed E-state index contributed by atoms with van der Waals surface area (Å²) in [5.74, 6) is 3.48. The highest BCUT2D eigenvalue weighted by molar-refractivity contribution is 4.83. The van der Waals surface area contributed by atoms with Crippen LogP contribution < -0.4 is 5.32 Å². The minimum Gasteiger partial charge on any atom is -0.315 e. The summed E-state index contributed by atoms with van der Waals surface area (Å²) in [6.45, 7) is 7.78. The molecule has 0 amide bonds. The highest BCUT2D eigenvalue weighted by Crippen LogP contribution is 2.13. The van der Waals surface area contributed by atoms with Crippen LogP contribution in [0.1, 0.15) is 46.5 Å². The smallest absolute Gasteiger partial charge is 0.00861 e. The second-order valence-electron chi connectivity index (χ2n) is 3.90. The van der Waals surface area contributed by atoms with Crippen LogP contribution in [0, 0.1) is 18.3 Å². The topological polar surface area (TPSA) is 12.0 Å². The van der Waals surface area contributed by atoms with Gasteiger partial charge < -0.3 is 5.32 Å². The Bertz CT molecular complexity index is 146. The lowest BCUT2D eigenvalue weighted by atomic mass is 9.97. The van der Waals surface area contributed by atoms with Gasteiger partial charge in [0.15, 0.2) is 0 Å². The molecular formula is C12H23N. The number of nitrogens with one attached hydrogen (secondary N) is 1. The number of rotatable bonds is 7. The fourth-order valence-corrected chi connectivity index (χ4v) is 1.71. The largest absolute Gasteiger partial charge is 0.315 e. The van der Waals surface area contributed by atoms with Crippen molar-refractivity contribution in [3.05, 3.63) is 0 Å². The molecule has 0 aliphatic heterocycles. The first kappa shape index (κ1) is 12.5. The van der Waals surface area contributed by atoms with Gasteiger partial charge in [-0.1, -0.05) is 13.8 Å². The van der Waals surface area contributed by atoms with E-state index in [4.69, 9.17) is 6.42 Å². The molecule has 0 aliphatic rings. The highest BCUT2D eigenvalue weighted by Gasteiger charge is 2.06. The average molecular weight is 181 g/mol. The van der Waals surface area contributed by atoms with Crippen LogP contribution in [0.5, 0.6) is 0 Å². The Hall–Kier alpha value is -0.480. The molecule has 0 spiro atoms. The Morgan fingerprint density at radius 1 is 1.38 bits per heavy atom. The van der Waals surface area contributed by atoms with Gasteiger partial charge in [0.1, 0.15) is 0 Å². The van der Waals surface area contributed by atoms with Gasteiger partial charge in [-0.3, -0.25) is 0 Å². The van der Waals surface area contributed by atoms with E-state index in [2.05, 4.69) is 32.0 Å². The van der Waals surface area contributed by atoms with Crippen LogP contribution in [0.15, 0.2) is 0 Å². The van der Waals surface area contributed by atoms with E-state index in [0.717, 1.165) is 18.9 Å². The third-order valence-electron chi connectivity index (χ3n) is 2.33. The molecular weight excluding hydrogens is 158 g/mol. The van der Waals surface area contributed by atoms with Crippen molar-refractivity contribution in [2.45, 2.75) is 52.5 Å². The zero-order valence-corrected chi connectivity index (χ0v) is 9.27. The summed E-state index contributed by atoms with van der Waals surface area (Å²) >= 11 is 0. The summed E-state index contributed by atoms with van der Waals surface area (Å²) in [5, 5.41) is 3.43. The molecule has 2 unspecified atom stereocenters. The first-order valence-corrected chi connectivity index (χ1v) is 5.37. The zero-order chi connectivity index (χ0) is 10.1. The molecule has 0 bridgehead atoms. The maximum absolute atomic E-state index is 5.20. The molecule has 1 nitrogen and oxygen atoms in total. The van der Waals surface area contributed by atoms with Gasteiger partial charge in [-0.05, 0) is 38.6 Å². The van der Waals surface area contributed by atoms with Crippen LogP contribution in [-0.4, -0.2) is 12.6 Å². The molecule has 0 saturated heterocycles.